The summed E-state index contributed by atoms with van der Waals surface area (Å²) in [5.41, 5.74) is 7.13. The Kier molecular flexibility index (Phi) is 3.19. The van der Waals surface area contributed by atoms with Crippen molar-refractivity contribution in [2.45, 2.75) is 19.4 Å². The van der Waals surface area contributed by atoms with Crippen molar-refractivity contribution in [2.24, 2.45) is 5.73 Å². The summed E-state index contributed by atoms with van der Waals surface area (Å²) in [5, 5.41) is 9.50. The van der Waals surface area contributed by atoms with Crippen LogP contribution in [0.2, 0.25) is 0 Å². The molecule has 0 aliphatic rings. The number of hydrogen-bond acceptors (Lipinski definition) is 3. The van der Waals surface area contributed by atoms with Crippen LogP contribution in [0.1, 0.15) is 23.8 Å². The number of aromatic nitrogens is 1. The molecular weight excluding hydrogens is 152 g/mol. The molecule has 3 heteroatoms. The van der Waals surface area contributed by atoms with Crippen molar-refractivity contribution in [3.8, 4) is 0 Å². The minimum atomic E-state index is -0.519. The predicted octanol–water partition coefficient (Wildman–Crippen LogP) is 0.772. The monoisotopic (exact) mass is 166 g/mol. The van der Waals surface area contributed by atoms with Crippen LogP contribution in [0.25, 0.3) is 0 Å². The van der Waals surface area contributed by atoms with Crippen molar-refractivity contribution in [3.05, 3.63) is 29.6 Å². The van der Waals surface area contributed by atoms with Gasteiger partial charge in [0.1, 0.15) is 0 Å². The van der Waals surface area contributed by atoms with E-state index in [9.17, 15) is 5.11 Å². The van der Waals surface area contributed by atoms with Crippen LogP contribution in [0.4, 0.5) is 0 Å². The minimum Gasteiger partial charge on any atom is -0.387 e. The second kappa shape index (κ2) is 4.18. The minimum absolute atomic E-state index is 0.483. The molecule has 0 bridgehead atoms. The van der Waals surface area contributed by atoms with Crippen LogP contribution in [-0.2, 0) is 0 Å². The largest absolute Gasteiger partial charge is 0.387 e. The standard InChI is InChI=1S/C9H14N2O/c1-7-3-5-11-8(6-7)9(12)2-4-10/h3,5-6,9,12H,2,4,10H2,1H3. The molecule has 0 aliphatic carbocycles. The molecule has 12 heavy (non-hydrogen) atoms. The summed E-state index contributed by atoms with van der Waals surface area (Å²) in [5.74, 6) is 0. The highest BCUT2D eigenvalue weighted by atomic mass is 16.3. The zero-order valence-electron chi connectivity index (χ0n) is 7.20. The maximum Gasteiger partial charge on any atom is 0.0971 e. The third-order valence-corrected chi connectivity index (χ3v) is 1.72. The van der Waals surface area contributed by atoms with Gasteiger partial charge in [-0.2, -0.15) is 0 Å². The molecule has 1 heterocycles. The molecule has 0 radical (unpaired) electrons. The topological polar surface area (TPSA) is 59.1 Å². The third-order valence-electron chi connectivity index (χ3n) is 1.72. The van der Waals surface area contributed by atoms with Gasteiger partial charge in [0, 0.05) is 6.20 Å². The lowest BCUT2D eigenvalue weighted by molar-refractivity contribution is 0.165. The van der Waals surface area contributed by atoms with E-state index in [4.69, 9.17) is 5.73 Å². The first-order chi connectivity index (χ1) is 5.74. The number of aryl methyl sites for hydroxylation is 1. The van der Waals surface area contributed by atoms with E-state index >= 15 is 0 Å². The lowest BCUT2D eigenvalue weighted by Crippen LogP contribution is -2.08. The van der Waals surface area contributed by atoms with Gasteiger partial charge in [0.15, 0.2) is 0 Å². The van der Waals surface area contributed by atoms with E-state index in [1.165, 1.54) is 0 Å². The number of nitrogens with zero attached hydrogens (tertiary/aromatic N) is 1. The first-order valence-electron chi connectivity index (χ1n) is 4.04. The Balaban J connectivity index is 2.73. The highest BCUT2D eigenvalue weighted by Gasteiger charge is 2.06. The van der Waals surface area contributed by atoms with Gasteiger partial charge in [-0.25, -0.2) is 0 Å². The normalized spacial score (nSPS) is 12.9. The summed E-state index contributed by atoms with van der Waals surface area (Å²) in [4.78, 5) is 4.05. The maximum atomic E-state index is 9.50. The summed E-state index contributed by atoms with van der Waals surface area (Å²) in [7, 11) is 0. The van der Waals surface area contributed by atoms with Gasteiger partial charge in [-0.05, 0) is 37.6 Å². The van der Waals surface area contributed by atoms with E-state index in [2.05, 4.69) is 4.98 Å². The molecule has 3 N–H and O–H groups in total. The number of aliphatic hydroxyl groups is 1. The number of hydrogen-bond donors (Lipinski definition) is 2. The molecule has 1 rings (SSSR count). The number of nitrogens with two attached hydrogens (primary N) is 1. The van der Waals surface area contributed by atoms with Crippen LogP contribution in [0.3, 0.4) is 0 Å². The molecule has 0 amide bonds. The fourth-order valence-corrected chi connectivity index (χ4v) is 1.05. The summed E-state index contributed by atoms with van der Waals surface area (Å²) in [6.45, 7) is 2.46. The summed E-state index contributed by atoms with van der Waals surface area (Å²) in [6, 6.07) is 3.78. The van der Waals surface area contributed by atoms with Crippen molar-refractivity contribution < 1.29 is 5.11 Å². The molecule has 0 spiro atoms. The highest BCUT2D eigenvalue weighted by Crippen LogP contribution is 2.13. The van der Waals surface area contributed by atoms with Crippen molar-refractivity contribution in [1.29, 1.82) is 0 Å². The second-order valence-corrected chi connectivity index (χ2v) is 2.85. The van der Waals surface area contributed by atoms with Crippen LogP contribution < -0.4 is 5.73 Å². The quantitative estimate of drug-likeness (QED) is 0.697. The number of rotatable bonds is 3. The van der Waals surface area contributed by atoms with E-state index in [-0.39, 0.29) is 0 Å². The van der Waals surface area contributed by atoms with Crippen LogP contribution in [0, 0.1) is 6.92 Å². The van der Waals surface area contributed by atoms with Gasteiger partial charge in [0.05, 0.1) is 11.8 Å². The van der Waals surface area contributed by atoms with Crippen LogP contribution >= 0.6 is 0 Å². The van der Waals surface area contributed by atoms with Crippen molar-refractivity contribution in [2.75, 3.05) is 6.54 Å². The van der Waals surface area contributed by atoms with E-state index in [1.54, 1.807) is 6.20 Å². The van der Waals surface area contributed by atoms with Gasteiger partial charge in [-0.1, -0.05) is 0 Å². The Hall–Kier alpha value is -0.930. The van der Waals surface area contributed by atoms with Gasteiger partial charge in [0.2, 0.25) is 0 Å². The SMILES string of the molecule is Cc1ccnc(C(O)CCN)c1. The molecule has 1 atom stereocenters. The van der Waals surface area contributed by atoms with E-state index in [0.717, 1.165) is 5.56 Å². The fraction of sp³-hybridized carbons (Fsp3) is 0.444. The first-order valence-corrected chi connectivity index (χ1v) is 4.04. The number of pyridine rings is 1. The molecule has 0 aliphatic heterocycles. The first kappa shape index (κ1) is 9.16. The smallest absolute Gasteiger partial charge is 0.0971 e. The maximum absolute atomic E-state index is 9.50. The molecule has 0 saturated carbocycles. The van der Waals surface area contributed by atoms with Gasteiger partial charge in [-0.3, -0.25) is 4.98 Å². The van der Waals surface area contributed by atoms with Gasteiger partial charge in [0.25, 0.3) is 0 Å². The van der Waals surface area contributed by atoms with Gasteiger partial charge >= 0.3 is 0 Å². The van der Waals surface area contributed by atoms with Gasteiger partial charge < -0.3 is 10.8 Å². The summed E-state index contributed by atoms with van der Waals surface area (Å²) < 4.78 is 0. The molecule has 0 aromatic carbocycles. The average molecular weight is 166 g/mol. The summed E-state index contributed by atoms with van der Waals surface area (Å²) in [6.07, 6.45) is 1.75. The predicted molar refractivity (Wildman–Crippen MR) is 47.6 cm³/mol. The van der Waals surface area contributed by atoms with Crippen LogP contribution in [0.15, 0.2) is 18.3 Å². The van der Waals surface area contributed by atoms with Crippen LogP contribution in [-0.4, -0.2) is 16.6 Å². The zero-order chi connectivity index (χ0) is 8.97. The average Bonchev–Trinajstić information content (AvgIpc) is 2.05. The molecule has 3 nitrogen and oxygen atoms in total. The Morgan fingerprint density at radius 3 is 3.00 bits per heavy atom. The molecule has 1 aromatic rings. The van der Waals surface area contributed by atoms with E-state index < -0.39 is 6.10 Å². The zero-order valence-corrected chi connectivity index (χ0v) is 7.20. The second-order valence-electron chi connectivity index (χ2n) is 2.85. The Morgan fingerprint density at radius 1 is 1.67 bits per heavy atom. The summed E-state index contributed by atoms with van der Waals surface area (Å²) >= 11 is 0. The van der Waals surface area contributed by atoms with Crippen molar-refractivity contribution in [3.63, 3.8) is 0 Å². The van der Waals surface area contributed by atoms with E-state index in [1.807, 2.05) is 19.1 Å². The molecule has 1 unspecified atom stereocenters. The molecule has 1 aromatic heterocycles. The molecular formula is C9H14N2O. The van der Waals surface area contributed by atoms with E-state index in [0.29, 0.717) is 18.7 Å². The fourth-order valence-electron chi connectivity index (χ4n) is 1.05. The number of aliphatic hydroxyl groups excluding tert-OH is 1. The van der Waals surface area contributed by atoms with Crippen molar-refractivity contribution >= 4 is 0 Å². The lowest BCUT2D eigenvalue weighted by Gasteiger charge is -2.08. The molecule has 0 fully saturated rings. The van der Waals surface area contributed by atoms with Gasteiger partial charge in [-0.15, -0.1) is 0 Å². The van der Waals surface area contributed by atoms with Crippen molar-refractivity contribution in [1.82, 2.24) is 4.98 Å². The molecule has 66 valence electrons. The third kappa shape index (κ3) is 2.29. The van der Waals surface area contributed by atoms with Crippen LogP contribution in [0.5, 0.6) is 0 Å². The Bertz CT molecular complexity index is 250. The molecule has 0 saturated heterocycles. The lowest BCUT2D eigenvalue weighted by atomic mass is 10.1. The Labute approximate surface area is 72.2 Å². The Morgan fingerprint density at radius 2 is 2.42 bits per heavy atom. The highest BCUT2D eigenvalue weighted by molar-refractivity contribution is 5.16.